The monoisotopic (exact) mass is 469 g/mol. The van der Waals surface area contributed by atoms with Crippen molar-refractivity contribution in [3.63, 3.8) is 0 Å². The predicted octanol–water partition coefficient (Wildman–Crippen LogP) is 5.50. The highest BCUT2D eigenvalue weighted by molar-refractivity contribution is 5.43. The van der Waals surface area contributed by atoms with E-state index in [1.54, 1.807) is 16.8 Å². The van der Waals surface area contributed by atoms with Crippen molar-refractivity contribution in [2.24, 2.45) is 0 Å². The maximum atomic E-state index is 13.9. The average molecular weight is 470 g/mol. The topological polar surface area (TPSA) is 59.8 Å². The summed E-state index contributed by atoms with van der Waals surface area (Å²) in [7, 11) is 0. The van der Waals surface area contributed by atoms with Gasteiger partial charge in [0.15, 0.2) is 0 Å². The number of aromatic nitrogens is 2. The van der Waals surface area contributed by atoms with Crippen LogP contribution in [0.2, 0.25) is 0 Å². The molecule has 3 rings (SSSR count). The smallest absolute Gasteiger partial charge is 0.227 e. The summed E-state index contributed by atoms with van der Waals surface area (Å²) in [6, 6.07) is 15.8. The average Bonchev–Trinajstić information content (AvgIpc) is 3.08. The largest absolute Gasteiger partial charge is 0.438 e. The quantitative estimate of drug-likeness (QED) is 0.402. The molecule has 0 saturated carbocycles. The molecule has 7 heteroatoms. The number of aliphatic hydroxyl groups excluding tert-OH is 1. The molecule has 0 saturated heterocycles. The number of aliphatic hydroxyl groups is 1. The second kappa shape index (κ2) is 11.6. The molecule has 6 nitrogen and oxygen atoms in total. The predicted molar refractivity (Wildman–Crippen MR) is 132 cm³/mol. The molecule has 0 spiro atoms. The molecule has 0 fully saturated rings. The number of benzene rings is 2. The molecule has 0 bridgehead atoms. The van der Waals surface area contributed by atoms with Crippen molar-refractivity contribution < 1.29 is 19.0 Å². The summed E-state index contributed by atoms with van der Waals surface area (Å²) in [4.78, 5) is 2.18. The van der Waals surface area contributed by atoms with Crippen LogP contribution in [0.4, 0.5) is 4.39 Å². The maximum absolute atomic E-state index is 13.9. The number of aryl methyl sites for hydroxylation is 1. The van der Waals surface area contributed by atoms with Crippen LogP contribution in [0.15, 0.2) is 54.6 Å². The van der Waals surface area contributed by atoms with Crippen molar-refractivity contribution in [2.75, 3.05) is 19.7 Å². The lowest BCUT2D eigenvalue weighted by Gasteiger charge is -2.27. The van der Waals surface area contributed by atoms with Crippen LogP contribution in [0.1, 0.15) is 45.4 Å². The van der Waals surface area contributed by atoms with Crippen molar-refractivity contribution in [1.29, 1.82) is 0 Å². The van der Waals surface area contributed by atoms with Crippen LogP contribution in [0.3, 0.4) is 0 Å². The minimum Gasteiger partial charge on any atom is -0.438 e. The first-order chi connectivity index (χ1) is 16.2. The van der Waals surface area contributed by atoms with Crippen LogP contribution in [0.25, 0.3) is 5.69 Å². The Bertz CT molecular complexity index is 1050. The Balaban J connectivity index is 1.91. The number of hydrogen-bond acceptors (Lipinski definition) is 5. The Labute approximate surface area is 201 Å². The van der Waals surface area contributed by atoms with Crippen molar-refractivity contribution in [3.8, 4) is 17.3 Å². The second-order valence-corrected chi connectivity index (χ2v) is 9.49. The van der Waals surface area contributed by atoms with Gasteiger partial charge in [0.25, 0.3) is 0 Å². The van der Waals surface area contributed by atoms with Crippen molar-refractivity contribution in [1.82, 2.24) is 14.7 Å². The first-order valence-electron chi connectivity index (χ1n) is 11.8. The Kier molecular flexibility index (Phi) is 8.83. The molecule has 1 heterocycles. The zero-order valence-electron chi connectivity index (χ0n) is 20.8. The van der Waals surface area contributed by atoms with E-state index in [1.165, 1.54) is 12.1 Å². The molecule has 2 aromatic carbocycles. The highest BCUT2D eigenvalue weighted by atomic mass is 19.1. The summed E-state index contributed by atoms with van der Waals surface area (Å²) in [5, 5.41) is 15.4. The second-order valence-electron chi connectivity index (χ2n) is 9.49. The number of rotatable bonds is 11. The van der Waals surface area contributed by atoms with Gasteiger partial charge in [-0.1, -0.05) is 31.2 Å². The van der Waals surface area contributed by atoms with Gasteiger partial charge in [0.05, 0.1) is 35.3 Å². The van der Waals surface area contributed by atoms with Gasteiger partial charge >= 0.3 is 0 Å². The van der Waals surface area contributed by atoms with Crippen LogP contribution in [0.5, 0.6) is 11.6 Å². The van der Waals surface area contributed by atoms with Gasteiger partial charge in [0.2, 0.25) is 5.88 Å². The summed E-state index contributed by atoms with van der Waals surface area (Å²) < 4.78 is 27.6. The molecule has 0 amide bonds. The number of hydrogen-bond donors (Lipinski definition) is 1. The third kappa shape index (κ3) is 7.38. The molecule has 0 radical (unpaired) electrons. The van der Waals surface area contributed by atoms with Crippen molar-refractivity contribution in [3.05, 3.63) is 71.7 Å². The first kappa shape index (κ1) is 25.9. The third-order valence-electron chi connectivity index (χ3n) is 5.25. The molecule has 34 heavy (non-hydrogen) atoms. The van der Waals surface area contributed by atoms with Gasteiger partial charge in [-0.25, -0.2) is 9.07 Å². The molecule has 0 aliphatic rings. The normalized spacial score (nSPS) is 12.8. The molecular formula is C27H36FN3O3. The lowest BCUT2D eigenvalue weighted by Crippen LogP contribution is -2.37. The van der Waals surface area contributed by atoms with E-state index in [0.29, 0.717) is 24.7 Å². The van der Waals surface area contributed by atoms with E-state index in [2.05, 4.69) is 11.8 Å². The van der Waals surface area contributed by atoms with E-state index in [-0.39, 0.29) is 18.0 Å². The van der Waals surface area contributed by atoms with Gasteiger partial charge in [0.1, 0.15) is 11.6 Å². The van der Waals surface area contributed by atoms with Crippen molar-refractivity contribution in [2.45, 2.75) is 59.3 Å². The summed E-state index contributed by atoms with van der Waals surface area (Å²) in [6.45, 7) is 12.0. The van der Waals surface area contributed by atoms with E-state index in [1.807, 2.05) is 58.0 Å². The molecule has 1 N–H and O–H groups in total. The minimum atomic E-state index is -0.622. The minimum absolute atomic E-state index is 0.263. The highest BCUT2D eigenvalue weighted by Gasteiger charge is 2.23. The fourth-order valence-corrected chi connectivity index (χ4v) is 3.68. The molecule has 1 aromatic heterocycles. The van der Waals surface area contributed by atoms with Crippen LogP contribution in [0, 0.1) is 12.7 Å². The van der Waals surface area contributed by atoms with E-state index in [9.17, 15) is 9.50 Å². The summed E-state index contributed by atoms with van der Waals surface area (Å²) in [6.07, 6.45) is 0.307. The number of nitrogens with zero attached hydrogens (tertiary/aromatic N) is 3. The van der Waals surface area contributed by atoms with Crippen LogP contribution >= 0.6 is 0 Å². The van der Waals surface area contributed by atoms with E-state index in [4.69, 9.17) is 14.6 Å². The molecule has 0 aliphatic heterocycles. The standard InChI is InChI=1S/C27H36FN3O3/c1-6-15-30(17-23(32)19-33-27(3,4)5)18-25-20(2)29-31(22-12-8-7-9-13-22)26(25)34-24-14-10-11-21(28)16-24/h7-14,16,23,32H,6,15,17-19H2,1-5H3/t23-/m1/s1. The lowest BCUT2D eigenvalue weighted by molar-refractivity contribution is -0.0567. The first-order valence-corrected chi connectivity index (χ1v) is 11.8. The van der Waals surface area contributed by atoms with Gasteiger partial charge in [-0.05, 0) is 64.9 Å². The Morgan fingerprint density at radius 2 is 1.85 bits per heavy atom. The van der Waals surface area contributed by atoms with Crippen LogP contribution in [-0.2, 0) is 11.3 Å². The number of para-hydroxylation sites is 1. The molecular weight excluding hydrogens is 433 g/mol. The maximum Gasteiger partial charge on any atom is 0.227 e. The van der Waals surface area contributed by atoms with E-state index < -0.39 is 6.10 Å². The summed E-state index contributed by atoms with van der Waals surface area (Å²) >= 11 is 0. The lowest BCUT2D eigenvalue weighted by atomic mass is 10.2. The Hall–Kier alpha value is -2.74. The fraction of sp³-hybridized carbons (Fsp3) is 0.444. The van der Waals surface area contributed by atoms with Crippen LogP contribution < -0.4 is 4.74 Å². The Morgan fingerprint density at radius 1 is 1.12 bits per heavy atom. The molecule has 184 valence electrons. The zero-order chi connectivity index (χ0) is 24.7. The van der Waals surface area contributed by atoms with Gasteiger partial charge < -0.3 is 14.6 Å². The van der Waals surface area contributed by atoms with Gasteiger partial charge in [-0.3, -0.25) is 4.90 Å². The number of halogens is 1. The van der Waals surface area contributed by atoms with Crippen molar-refractivity contribution >= 4 is 0 Å². The zero-order valence-corrected chi connectivity index (χ0v) is 20.8. The van der Waals surface area contributed by atoms with E-state index in [0.717, 1.165) is 29.9 Å². The van der Waals surface area contributed by atoms with Gasteiger partial charge in [0, 0.05) is 19.2 Å². The van der Waals surface area contributed by atoms with Gasteiger partial charge in [-0.15, -0.1) is 0 Å². The molecule has 0 aliphatic carbocycles. The SMILES string of the molecule is CCCN(Cc1c(C)nn(-c2ccccc2)c1Oc1cccc(F)c1)C[C@@H](O)COC(C)(C)C. The van der Waals surface area contributed by atoms with Gasteiger partial charge in [-0.2, -0.15) is 5.10 Å². The molecule has 0 unspecified atom stereocenters. The highest BCUT2D eigenvalue weighted by Crippen LogP contribution is 2.32. The molecule has 1 atom stereocenters. The summed E-state index contributed by atoms with van der Waals surface area (Å²) in [5.41, 5.74) is 2.25. The van der Waals surface area contributed by atoms with Crippen LogP contribution in [-0.4, -0.2) is 51.2 Å². The Morgan fingerprint density at radius 3 is 2.50 bits per heavy atom. The van der Waals surface area contributed by atoms with E-state index >= 15 is 0 Å². The third-order valence-corrected chi connectivity index (χ3v) is 5.25. The number of ether oxygens (including phenoxy) is 2. The fourth-order valence-electron chi connectivity index (χ4n) is 3.68. The summed E-state index contributed by atoms with van der Waals surface area (Å²) in [5.74, 6) is 0.575. The molecule has 3 aromatic rings.